The third-order valence-electron chi connectivity index (χ3n) is 3.01. The van der Waals surface area contributed by atoms with E-state index in [4.69, 9.17) is 5.26 Å². The van der Waals surface area contributed by atoms with E-state index < -0.39 is 27.8 Å². The molecule has 6 heteroatoms. The summed E-state index contributed by atoms with van der Waals surface area (Å²) in [6, 6.07) is 5.74. The maximum atomic E-state index is 12.4. The van der Waals surface area contributed by atoms with Gasteiger partial charge >= 0.3 is 0 Å². The number of nitrogens with zero attached hydrogens (tertiary/aromatic N) is 2. The number of nitro groups is 1. The molecular weight excluding hydrogens is 272 g/mol. The van der Waals surface area contributed by atoms with Crippen LogP contribution < -0.4 is 0 Å². The van der Waals surface area contributed by atoms with Gasteiger partial charge in [-0.2, -0.15) is 5.26 Å². The molecule has 21 heavy (non-hydrogen) atoms. The minimum Gasteiger partial charge on any atom is -0.297 e. The smallest absolute Gasteiger partial charge is 0.280 e. The maximum absolute atomic E-state index is 12.4. The molecule has 0 aliphatic rings. The van der Waals surface area contributed by atoms with Crippen LogP contribution in [0.3, 0.4) is 0 Å². The summed E-state index contributed by atoms with van der Waals surface area (Å²) in [4.78, 5) is 34.9. The number of hydrogen-bond donors (Lipinski definition) is 0. The molecule has 0 saturated heterocycles. The second kappa shape index (κ2) is 5.83. The van der Waals surface area contributed by atoms with Crippen molar-refractivity contribution in [2.45, 2.75) is 27.7 Å². The first kappa shape index (κ1) is 16.5. The van der Waals surface area contributed by atoms with Crippen molar-refractivity contribution in [1.82, 2.24) is 0 Å². The third-order valence-corrected chi connectivity index (χ3v) is 3.01. The molecule has 0 bridgehead atoms. The Morgan fingerprint density at radius 3 is 2.33 bits per heavy atom. The van der Waals surface area contributed by atoms with Crippen LogP contribution in [0.5, 0.6) is 0 Å². The number of carbonyl (C=O) groups excluding carboxylic acids is 2. The van der Waals surface area contributed by atoms with E-state index in [2.05, 4.69) is 0 Å². The van der Waals surface area contributed by atoms with Crippen molar-refractivity contribution in [2.75, 3.05) is 0 Å². The lowest BCUT2D eigenvalue weighted by atomic mass is 9.80. The molecule has 0 saturated carbocycles. The molecule has 0 aliphatic carbocycles. The van der Waals surface area contributed by atoms with Crippen molar-refractivity contribution in [1.29, 1.82) is 5.26 Å². The van der Waals surface area contributed by atoms with Crippen LogP contribution in [0.15, 0.2) is 18.2 Å². The van der Waals surface area contributed by atoms with Crippen molar-refractivity contribution in [3.8, 4) is 6.07 Å². The Bertz CT molecular complexity index is 651. The first-order valence-corrected chi connectivity index (χ1v) is 6.32. The second-order valence-electron chi connectivity index (χ2n) is 5.82. The Labute approximate surface area is 122 Å². The Morgan fingerprint density at radius 1 is 1.33 bits per heavy atom. The van der Waals surface area contributed by atoms with Crippen molar-refractivity contribution in [3.05, 3.63) is 39.4 Å². The summed E-state index contributed by atoms with van der Waals surface area (Å²) in [6.45, 7) is 6.44. The van der Waals surface area contributed by atoms with E-state index in [1.165, 1.54) is 18.2 Å². The van der Waals surface area contributed by atoms with Gasteiger partial charge in [0.25, 0.3) is 5.69 Å². The molecule has 1 aromatic carbocycles. The molecule has 1 atom stereocenters. The van der Waals surface area contributed by atoms with E-state index in [0.29, 0.717) is 5.56 Å². The number of Topliss-reactive ketones (excluding diaryl/α,β-unsaturated/α-hetero) is 2. The van der Waals surface area contributed by atoms with Crippen LogP contribution in [0.2, 0.25) is 0 Å². The summed E-state index contributed by atoms with van der Waals surface area (Å²) in [7, 11) is 0. The molecule has 0 heterocycles. The molecule has 1 unspecified atom stereocenters. The number of nitriles is 1. The lowest BCUT2D eigenvalue weighted by molar-refractivity contribution is -0.385. The molecule has 0 radical (unpaired) electrons. The number of benzene rings is 1. The summed E-state index contributed by atoms with van der Waals surface area (Å²) in [5.41, 5.74) is -0.860. The van der Waals surface area contributed by atoms with Crippen LogP contribution >= 0.6 is 0 Å². The standard InChI is InChI=1S/C15H16N2O4/c1-9-5-6-10(12(7-9)17(20)21)13(18)11(8-16)14(19)15(2,3)4/h5-7,11H,1-4H3. The van der Waals surface area contributed by atoms with Crippen molar-refractivity contribution < 1.29 is 14.5 Å². The number of carbonyl (C=O) groups is 2. The first-order chi connectivity index (χ1) is 9.59. The number of rotatable bonds is 4. The normalized spacial score (nSPS) is 12.3. The third kappa shape index (κ3) is 3.51. The zero-order valence-electron chi connectivity index (χ0n) is 12.3. The van der Waals surface area contributed by atoms with Gasteiger partial charge < -0.3 is 0 Å². The summed E-state index contributed by atoms with van der Waals surface area (Å²) in [5.74, 6) is -2.92. The van der Waals surface area contributed by atoms with Gasteiger partial charge in [-0.3, -0.25) is 19.7 Å². The fourth-order valence-electron chi connectivity index (χ4n) is 1.83. The quantitative estimate of drug-likeness (QED) is 0.367. The molecule has 1 aromatic rings. The molecule has 110 valence electrons. The molecule has 6 nitrogen and oxygen atoms in total. The van der Waals surface area contributed by atoms with Crippen molar-refractivity contribution in [2.24, 2.45) is 11.3 Å². The molecule has 0 spiro atoms. The van der Waals surface area contributed by atoms with Gasteiger partial charge in [-0.15, -0.1) is 0 Å². The van der Waals surface area contributed by atoms with Gasteiger partial charge in [-0.05, 0) is 18.6 Å². The number of ketones is 2. The summed E-state index contributed by atoms with van der Waals surface area (Å²) in [6.07, 6.45) is 0. The zero-order chi connectivity index (χ0) is 16.4. The Morgan fingerprint density at radius 2 is 1.90 bits per heavy atom. The highest BCUT2D eigenvalue weighted by atomic mass is 16.6. The van der Waals surface area contributed by atoms with Crippen LogP contribution in [-0.4, -0.2) is 16.5 Å². The maximum Gasteiger partial charge on any atom is 0.280 e. The fourth-order valence-corrected chi connectivity index (χ4v) is 1.83. The topological polar surface area (TPSA) is 101 Å². The lowest BCUT2D eigenvalue weighted by Crippen LogP contribution is -2.33. The van der Waals surface area contributed by atoms with Gasteiger partial charge in [0, 0.05) is 11.5 Å². The predicted molar refractivity (Wildman–Crippen MR) is 75.7 cm³/mol. The molecule has 1 rings (SSSR count). The average molecular weight is 288 g/mol. The van der Waals surface area contributed by atoms with E-state index in [-0.39, 0.29) is 11.3 Å². The Balaban J connectivity index is 3.34. The number of nitro benzene ring substituents is 1. The van der Waals surface area contributed by atoms with E-state index in [0.717, 1.165) is 0 Å². The van der Waals surface area contributed by atoms with Gasteiger partial charge in [0.1, 0.15) is 0 Å². The summed E-state index contributed by atoms with van der Waals surface area (Å²) in [5, 5.41) is 20.2. The van der Waals surface area contributed by atoms with E-state index in [9.17, 15) is 19.7 Å². The summed E-state index contributed by atoms with van der Waals surface area (Å²) < 4.78 is 0. The number of aryl methyl sites for hydroxylation is 1. The SMILES string of the molecule is Cc1ccc(C(=O)C(C#N)C(=O)C(C)(C)C)c([N+](=O)[O-])c1. The monoisotopic (exact) mass is 288 g/mol. The molecule has 0 amide bonds. The Kier molecular flexibility index (Phi) is 4.58. The van der Waals surface area contributed by atoms with Crippen LogP contribution in [0.25, 0.3) is 0 Å². The minimum absolute atomic E-state index is 0.213. The van der Waals surface area contributed by atoms with Gasteiger partial charge in [-0.1, -0.05) is 26.8 Å². The van der Waals surface area contributed by atoms with Crippen molar-refractivity contribution in [3.63, 3.8) is 0 Å². The fraction of sp³-hybridized carbons (Fsp3) is 0.400. The molecule has 0 aliphatic heterocycles. The molecular formula is C15H16N2O4. The Hall–Kier alpha value is -2.55. The highest BCUT2D eigenvalue weighted by Crippen LogP contribution is 2.27. The first-order valence-electron chi connectivity index (χ1n) is 6.32. The van der Waals surface area contributed by atoms with Crippen LogP contribution in [0.1, 0.15) is 36.7 Å². The largest absolute Gasteiger partial charge is 0.297 e. The van der Waals surface area contributed by atoms with Crippen LogP contribution in [0, 0.1) is 39.7 Å². The average Bonchev–Trinajstić information content (AvgIpc) is 2.37. The highest BCUT2D eigenvalue weighted by molar-refractivity contribution is 6.15. The van der Waals surface area contributed by atoms with E-state index in [1.807, 2.05) is 0 Å². The number of hydrogen-bond acceptors (Lipinski definition) is 5. The van der Waals surface area contributed by atoms with Gasteiger partial charge in [0.05, 0.1) is 16.6 Å². The van der Waals surface area contributed by atoms with E-state index >= 15 is 0 Å². The minimum atomic E-state index is -1.54. The zero-order valence-corrected chi connectivity index (χ0v) is 12.3. The van der Waals surface area contributed by atoms with E-state index in [1.54, 1.807) is 33.8 Å². The predicted octanol–water partition coefficient (Wildman–Crippen LogP) is 2.84. The highest BCUT2D eigenvalue weighted by Gasteiger charge is 2.37. The molecule has 0 N–H and O–H groups in total. The van der Waals surface area contributed by atoms with Gasteiger partial charge in [0.15, 0.2) is 17.5 Å². The molecule has 0 aromatic heterocycles. The second-order valence-corrected chi connectivity index (χ2v) is 5.82. The lowest BCUT2D eigenvalue weighted by Gasteiger charge is -2.19. The molecule has 0 fully saturated rings. The summed E-state index contributed by atoms with van der Waals surface area (Å²) >= 11 is 0. The van der Waals surface area contributed by atoms with Crippen LogP contribution in [0.4, 0.5) is 5.69 Å². The van der Waals surface area contributed by atoms with Crippen LogP contribution in [-0.2, 0) is 4.79 Å². The van der Waals surface area contributed by atoms with Crippen molar-refractivity contribution >= 4 is 17.3 Å². The van der Waals surface area contributed by atoms with Gasteiger partial charge in [-0.25, -0.2) is 0 Å². The van der Waals surface area contributed by atoms with Gasteiger partial charge in [0.2, 0.25) is 0 Å².